The first kappa shape index (κ1) is 18.4. The van der Waals surface area contributed by atoms with Gasteiger partial charge in [0.05, 0.1) is 12.8 Å². The lowest BCUT2D eigenvalue weighted by Crippen LogP contribution is -2.07. The van der Waals surface area contributed by atoms with E-state index in [9.17, 15) is 4.79 Å². The summed E-state index contributed by atoms with van der Waals surface area (Å²) in [7, 11) is 1.60. The van der Waals surface area contributed by atoms with Crippen molar-refractivity contribution in [3.8, 4) is 17.0 Å². The van der Waals surface area contributed by atoms with Crippen molar-refractivity contribution >= 4 is 44.4 Å². The molecule has 0 fully saturated rings. The zero-order chi connectivity index (χ0) is 18.5. The fourth-order valence-electron chi connectivity index (χ4n) is 2.34. The Kier molecular flexibility index (Phi) is 5.85. The molecule has 26 heavy (non-hydrogen) atoms. The number of nitrogens with one attached hydrogen (secondary N) is 1. The predicted molar refractivity (Wildman–Crippen MR) is 111 cm³/mol. The van der Waals surface area contributed by atoms with E-state index in [2.05, 4.69) is 26.2 Å². The van der Waals surface area contributed by atoms with E-state index in [1.54, 1.807) is 13.2 Å². The van der Waals surface area contributed by atoms with Crippen LogP contribution in [0.4, 0.5) is 5.13 Å². The number of benzene rings is 2. The number of thiazole rings is 1. The number of ether oxygens (including phenoxy) is 1. The zero-order valence-corrected chi connectivity index (χ0v) is 16.7. The molecule has 0 atom stereocenters. The van der Waals surface area contributed by atoms with Gasteiger partial charge in [0.2, 0.25) is 5.91 Å². The minimum absolute atomic E-state index is 0.239. The van der Waals surface area contributed by atoms with Crippen molar-refractivity contribution < 1.29 is 9.53 Å². The molecule has 132 valence electrons. The lowest BCUT2D eigenvalue weighted by atomic mass is 10.1. The molecule has 0 spiro atoms. The average Bonchev–Trinajstić information content (AvgIpc) is 3.09. The summed E-state index contributed by atoms with van der Waals surface area (Å²) in [5.74, 6) is 0.463. The van der Waals surface area contributed by atoms with Crippen molar-refractivity contribution in [2.24, 2.45) is 0 Å². The number of hydrogen-bond donors (Lipinski definition) is 1. The second kappa shape index (κ2) is 8.29. The maximum Gasteiger partial charge on any atom is 0.250 e. The van der Waals surface area contributed by atoms with Crippen molar-refractivity contribution in [1.82, 2.24) is 4.98 Å². The number of rotatable bonds is 5. The van der Waals surface area contributed by atoms with E-state index >= 15 is 0 Å². The van der Waals surface area contributed by atoms with Gasteiger partial charge in [0, 0.05) is 27.1 Å². The Labute approximate surface area is 164 Å². The number of amides is 1. The monoisotopic (exact) mass is 428 g/mol. The van der Waals surface area contributed by atoms with Gasteiger partial charge < -0.3 is 4.74 Å². The summed E-state index contributed by atoms with van der Waals surface area (Å²) in [6.45, 7) is 2.04. The number of aromatic nitrogens is 1. The molecule has 0 aliphatic heterocycles. The van der Waals surface area contributed by atoms with Gasteiger partial charge in [-0.05, 0) is 31.2 Å². The number of hydrogen-bond acceptors (Lipinski definition) is 4. The minimum atomic E-state index is -0.239. The zero-order valence-electron chi connectivity index (χ0n) is 14.3. The molecule has 0 saturated carbocycles. The van der Waals surface area contributed by atoms with Gasteiger partial charge in [0.1, 0.15) is 5.75 Å². The first-order valence-corrected chi connectivity index (χ1v) is 9.57. The van der Waals surface area contributed by atoms with E-state index in [0.29, 0.717) is 10.9 Å². The normalized spacial score (nSPS) is 10.9. The minimum Gasteiger partial charge on any atom is -0.496 e. The number of anilines is 1. The summed E-state index contributed by atoms with van der Waals surface area (Å²) >= 11 is 4.82. The van der Waals surface area contributed by atoms with E-state index < -0.39 is 0 Å². The molecular weight excluding hydrogens is 412 g/mol. The Morgan fingerprint density at radius 2 is 2.00 bits per heavy atom. The lowest BCUT2D eigenvalue weighted by Gasteiger charge is -2.04. The molecule has 1 aromatic heterocycles. The van der Waals surface area contributed by atoms with Crippen molar-refractivity contribution in [1.29, 1.82) is 0 Å². The van der Waals surface area contributed by atoms with Crippen molar-refractivity contribution in [2.75, 3.05) is 12.4 Å². The standard InChI is InChI=1S/C20H17BrN2O2S/c1-13-3-5-14(6-4-13)17-12-26-20(22-17)23-19(24)10-7-15-11-16(21)8-9-18(15)25-2/h3-12H,1-2H3,(H,22,23,24)/b10-7+. The summed E-state index contributed by atoms with van der Waals surface area (Å²) in [4.78, 5) is 16.7. The van der Waals surface area contributed by atoms with Crippen LogP contribution < -0.4 is 10.1 Å². The van der Waals surface area contributed by atoms with Crippen molar-refractivity contribution in [2.45, 2.75) is 6.92 Å². The Balaban J connectivity index is 1.69. The summed E-state index contributed by atoms with van der Waals surface area (Å²) in [6.07, 6.45) is 3.19. The van der Waals surface area contributed by atoms with Crippen LogP contribution in [-0.4, -0.2) is 18.0 Å². The Morgan fingerprint density at radius 3 is 2.73 bits per heavy atom. The van der Waals surface area contributed by atoms with Gasteiger partial charge in [-0.1, -0.05) is 45.8 Å². The Hall–Kier alpha value is -2.44. The van der Waals surface area contributed by atoms with Gasteiger partial charge in [-0.25, -0.2) is 4.98 Å². The number of carbonyl (C=O) groups is 1. The van der Waals surface area contributed by atoms with E-state index in [4.69, 9.17) is 4.74 Å². The third-order valence-electron chi connectivity index (χ3n) is 3.69. The molecule has 1 N–H and O–H groups in total. The molecule has 0 saturated heterocycles. The fraction of sp³-hybridized carbons (Fsp3) is 0.100. The molecule has 0 bridgehead atoms. The number of carbonyl (C=O) groups excluding carboxylic acids is 1. The summed E-state index contributed by atoms with van der Waals surface area (Å²) in [5.41, 5.74) is 3.90. The highest BCUT2D eigenvalue weighted by atomic mass is 79.9. The molecular formula is C20H17BrN2O2S. The van der Waals surface area contributed by atoms with E-state index in [-0.39, 0.29) is 5.91 Å². The van der Waals surface area contributed by atoms with Gasteiger partial charge in [-0.15, -0.1) is 11.3 Å². The second-order valence-electron chi connectivity index (χ2n) is 5.61. The third kappa shape index (κ3) is 4.59. The smallest absolute Gasteiger partial charge is 0.250 e. The molecule has 3 rings (SSSR count). The van der Waals surface area contributed by atoms with Gasteiger partial charge >= 0.3 is 0 Å². The van der Waals surface area contributed by atoms with Crippen molar-refractivity contribution in [3.05, 3.63) is 69.5 Å². The number of nitrogens with zero attached hydrogens (tertiary/aromatic N) is 1. The van der Waals surface area contributed by atoms with Crippen LogP contribution in [0.25, 0.3) is 17.3 Å². The van der Waals surface area contributed by atoms with Crippen LogP contribution in [0.3, 0.4) is 0 Å². The Morgan fingerprint density at radius 1 is 1.23 bits per heavy atom. The van der Waals surface area contributed by atoms with Crippen LogP contribution in [-0.2, 0) is 4.79 Å². The van der Waals surface area contributed by atoms with Crippen LogP contribution in [0, 0.1) is 6.92 Å². The van der Waals surface area contributed by atoms with Crippen LogP contribution in [0.1, 0.15) is 11.1 Å². The van der Waals surface area contributed by atoms with Crippen LogP contribution in [0.2, 0.25) is 0 Å². The molecule has 1 heterocycles. The maximum absolute atomic E-state index is 12.2. The molecule has 0 aliphatic carbocycles. The second-order valence-corrected chi connectivity index (χ2v) is 7.39. The topological polar surface area (TPSA) is 51.2 Å². The molecule has 2 aromatic carbocycles. The van der Waals surface area contributed by atoms with Gasteiger partial charge in [-0.2, -0.15) is 0 Å². The maximum atomic E-state index is 12.2. The van der Waals surface area contributed by atoms with Gasteiger partial charge in [0.25, 0.3) is 0 Å². The molecule has 0 radical (unpaired) electrons. The SMILES string of the molecule is COc1ccc(Br)cc1/C=C/C(=O)Nc1nc(-c2ccc(C)cc2)cs1. The summed E-state index contributed by atoms with van der Waals surface area (Å²) in [5, 5.41) is 5.29. The van der Waals surface area contributed by atoms with Crippen molar-refractivity contribution in [3.63, 3.8) is 0 Å². The van der Waals surface area contributed by atoms with E-state index in [0.717, 1.165) is 21.3 Å². The lowest BCUT2D eigenvalue weighted by molar-refractivity contribution is -0.111. The molecule has 1 amide bonds. The molecule has 0 unspecified atom stereocenters. The first-order valence-electron chi connectivity index (χ1n) is 7.90. The molecule has 4 nitrogen and oxygen atoms in total. The summed E-state index contributed by atoms with van der Waals surface area (Å²) < 4.78 is 6.22. The summed E-state index contributed by atoms with van der Waals surface area (Å²) in [6, 6.07) is 13.8. The first-order chi connectivity index (χ1) is 12.5. The van der Waals surface area contributed by atoms with Crippen LogP contribution in [0.15, 0.2) is 58.4 Å². The molecule has 6 heteroatoms. The largest absolute Gasteiger partial charge is 0.496 e. The third-order valence-corrected chi connectivity index (χ3v) is 4.94. The highest BCUT2D eigenvalue weighted by Crippen LogP contribution is 2.26. The number of halogens is 1. The molecule has 0 aliphatic rings. The predicted octanol–water partition coefficient (Wildman–Crippen LogP) is 5.54. The highest BCUT2D eigenvalue weighted by molar-refractivity contribution is 9.10. The molecule has 3 aromatic rings. The van der Waals surface area contributed by atoms with E-state index in [1.807, 2.05) is 54.8 Å². The average molecular weight is 429 g/mol. The fourth-order valence-corrected chi connectivity index (χ4v) is 3.44. The van der Waals surface area contributed by atoms with Crippen LogP contribution >= 0.6 is 27.3 Å². The highest BCUT2D eigenvalue weighted by Gasteiger charge is 2.07. The number of aryl methyl sites for hydroxylation is 1. The van der Waals surface area contributed by atoms with Gasteiger partial charge in [0.15, 0.2) is 5.13 Å². The van der Waals surface area contributed by atoms with E-state index in [1.165, 1.54) is 23.0 Å². The quantitative estimate of drug-likeness (QED) is 0.542. The van der Waals surface area contributed by atoms with Gasteiger partial charge in [-0.3, -0.25) is 10.1 Å². The van der Waals surface area contributed by atoms with Crippen LogP contribution in [0.5, 0.6) is 5.75 Å². The number of methoxy groups -OCH3 is 1. The Bertz CT molecular complexity index is 949.